The number of urea groups is 1. The lowest BCUT2D eigenvalue weighted by Crippen LogP contribution is -2.34. The fourth-order valence-electron chi connectivity index (χ4n) is 1.73. The quantitative estimate of drug-likeness (QED) is 0.561. The molecule has 1 unspecified atom stereocenters. The van der Waals surface area contributed by atoms with E-state index in [1.807, 2.05) is 0 Å². The highest BCUT2D eigenvalue weighted by atomic mass is 35.6. The largest absolute Gasteiger partial charge is 0.350 e. The van der Waals surface area contributed by atoms with Crippen LogP contribution in [0.1, 0.15) is 6.92 Å². The van der Waals surface area contributed by atoms with Crippen molar-refractivity contribution < 1.29 is 4.79 Å². The van der Waals surface area contributed by atoms with Crippen molar-refractivity contribution in [3.8, 4) is 0 Å². The fourth-order valence-corrected chi connectivity index (χ4v) is 3.44. The molecule has 2 amide bonds. The molecule has 2 rings (SSSR count). The van der Waals surface area contributed by atoms with Gasteiger partial charge >= 0.3 is 6.03 Å². The van der Waals surface area contributed by atoms with Gasteiger partial charge in [-0.25, -0.2) is 4.79 Å². The fraction of sp³-hybridized carbons (Fsp3) is 0.300. The maximum atomic E-state index is 12.3. The number of carbonyl (C=O) groups is 1. The lowest BCUT2D eigenvalue weighted by atomic mass is 10.3. The standard InChI is InChI=1S/C10H8Cl5N3OS/c1-5-16-18(20-10(13,14)15)9(19)17(5)8-3-6(11)2-7(12)4-8/h2-5,16H,1H3. The molecule has 110 valence electrons. The zero-order valence-electron chi connectivity index (χ0n) is 9.91. The van der Waals surface area contributed by atoms with Crippen LogP contribution in [0.4, 0.5) is 10.5 Å². The number of anilines is 1. The molecule has 0 aliphatic carbocycles. The molecule has 1 aliphatic rings. The van der Waals surface area contributed by atoms with Crippen molar-refractivity contribution in [1.29, 1.82) is 0 Å². The van der Waals surface area contributed by atoms with Gasteiger partial charge in [-0.05, 0) is 25.1 Å². The van der Waals surface area contributed by atoms with Gasteiger partial charge in [0.1, 0.15) is 6.17 Å². The maximum absolute atomic E-state index is 12.3. The molecule has 1 heterocycles. The second-order valence-corrected chi connectivity index (χ2v) is 8.90. The van der Waals surface area contributed by atoms with Crippen LogP contribution in [-0.4, -0.2) is 19.7 Å². The third kappa shape index (κ3) is 3.91. The maximum Gasteiger partial charge on any atom is 0.350 e. The van der Waals surface area contributed by atoms with Crippen molar-refractivity contribution in [2.24, 2.45) is 0 Å². The van der Waals surface area contributed by atoms with Gasteiger partial charge in [0.15, 0.2) is 0 Å². The molecule has 1 aliphatic heterocycles. The summed E-state index contributed by atoms with van der Waals surface area (Å²) in [6.07, 6.45) is -0.336. The Bertz CT molecular complexity index is 518. The highest BCUT2D eigenvalue weighted by molar-refractivity contribution is 8.03. The number of rotatable bonds is 2. The Morgan fingerprint density at radius 2 is 1.75 bits per heavy atom. The Morgan fingerprint density at radius 3 is 2.25 bits per heavy atom. The van der Waals surface area contributed by atoms with Crippen LogP contribution >= 0.6 is 70.0 Å². The number of nitrogens with zero attached hydrogens (tertiary/aromatic N) is 2. The summed E-state index contributed by atoms with van der Waals surface area (Å²) >= 11 is 29.6. The second-order valence-electron chi connectivity index (χ2n) is 3.92. The zero-order chi connectivity index (χ0) is 15.1. The van der Waals surface area contributed by atoms with E-state index in [0.29, 0.717) is 15.7 Å². The van der Waals surface area contributed by atoms with E-state index in [4.69, 9.17) is 58.0 Å². The van der Waals surface area contributed by atoms with Gasteiger partial charge in [-0.3, -0.25) is 4.90 Å². The second kappa shape index (κ2) is 6.16. The molecule has 1 N–H and O–H groups in total. The van der Waals surface area contributed by atoms with Crippen molar-refractivity contribution in [3.05, 3.63) is 28.2 Å². The summed E-state index contributed by atoms with van der Waals surface area (Å²) in [5, 5.41) is 0.861. The molecule has 0 spiro atoms. The Hall–Kier alpha value is 0.250. The molecule has 4 nitrogen and oxygen atoms in total. The summed E-state index contributed by atoms with van der Waals surface area (Å²) < 4.78 is -0.489. The van der Waals surface area contributed by atoms with Gasteiger partial charge < -0.3 is 0 Å². The molecule has 0 aromatic heterocycles. The number of hydrogen-bond donors (Lipinski definition) is 1. The third-order valence-corrected chi connectivity index (χ3v) is 4.10. The Kier molecular flexibility index (Phi) is 5.12. The van der Waals surface area contributed by atoms with E-state index in [9.17, 15) is 4.79 Å². The van der Waals surface area contributed by atoms with Gasteiger partial charge in [-0.2, -0.15) is 9.84 Å². The summed E-state index contributed by atoms with van der Waals surface area (Å²) in [6, 6.07) is 4.46. The summed E-state index contributed by atoms with van der Waals surface area (Å²) in [6.45, 7) is 1.78. The average Bonchev–Trinajstić information content (AvgIpc) is 2.50. The van der Waals surface area contributed by atoms with Crippen LogP contribution in [-0.2, 0) is 0 Å². The first-order valence-electron chi connectivity index (χ1n) is 5.29. The summed E-state index contributed by atoms with van der Waals surface area (Å²) in [5.74, 6) is 0. The predicted molar refractivity (Wildman–Crippen MR) is 86.7 cm³/mol. The van der Waals surface area contributed by atoms with Gasteiger partial charge in [0.25, 0.3) is 3.12 Å². The summed E-state index contributed by atoms with van der Waals surface area (Å²) in [7, 11) is 0. The third-order valence-electron chi connectivity index (χ3n) is 2.39. The number of benzene rings is 1. The van der Waals surface area contributed by atoms with E-state index < -0.39 is 3.12 Å². The van der Waals surface area contributed by atoms with E-state index >= 15 is 0 Å². The highest BCUT2D eigenvalue weighted by Gasteiger charge is 2.40. The van der Waals surface area contributed by atoms with Gasteiger partial charge in [0.05, 0.1) is 5.69 Å². The van der Waals surface area contributed by atoms with E-state index in [1.165, 1.54) is 4.90 Å². The monoisotopic (exact) mass is 393 g/mol. The molecule has 10 heteroatoms. The van der Waals surface area contributed by atoms with Gasteiger partial charge in [0, 0.05) is 22.0 Å². The summed E-state index contributed by atoms with van der Waals surface area (Å²) in [4.78, 5) is 13.8. The Balaban J connectivity index is 2.26. The van der Waals surface area contributed by atoms with Crippen LogP contribution in [0, 0.1) is 0 Å². The molecular weight excluding hydrogens is 387 g/mol. The molecule has 1 atom stereocenters. The number of nitrogens with one attached hydrogen (secondary N) is 1. The van der Waals surface area contributed by atoms with Crippen LogP contribution in [0.3, 0.4) is 0 Å². The number of carbonyl (C=O) groups excluding carboxylic acids is 1. The average molecular weight is 396 g/mol. The minimum Gasteiger partial charge on any atom is -0.275 e. The predicted octanol–water partition coefficient (Wildman–Crippen LogP) is 5.06. The van der Waals surface area contributed by atoms with Crippen LogP contribution in [0.5, 0.6) is 0 Å². The van der Waals surface area contributed by atoms with Gasteiger partial charge in [0.2, 0.25) is 0 Å². The minimum atomic E-state index is -1.65. The number of hydrogen-bond acceptors (Lipinski definition) is 3. The van der Waals surface area contributed by atoms with E-state index in [1.54, 1.807) is 25.1 Å². The topological polar surface area (TPSA) is 35.6 Å². The zero-order valence-corrected chi connectivity index (χ0v) is 14.5. The van der Waals surface area contributed by atoms with E-state index in [0.717, 1.165) is 16.4 Å². The van der Waals surface area contributed by atoms with Crippen molar-refractivity contribution in [3.63, 3.8) is 0 Å². The molecular formula is C10H8Cl5N3OS. The van der Waals surface area contributed by atoms with Crippen molar-refractivity contribution in [2.45, 2.75) is 16.2 Å². The molecule has 1 aromatic rings. The number of amides is 2. The molecule has 1 aromatic carbocycles. The van der Waals surface area contributed by atoms with Crippen molar-refractivity contribution in [1.82, 2.24) is 9.84 Å². The lowest BCUT2D eigenvalue weighted by molar-refractivity contribution is 0.236. The Labute approximate surface area is 145 Å². The van der Waals surface area contributed by atoms with Crippen molar-refractivity contribution >= 4 is 81.7 Å². The first-order valence-corrected chi connectivity index (χ1v) is 7.95. The minimum absolute atomic E-state index is 0.336. The summed E-state index contributed by atoms with van der Waals surface area (Å²) in [5.41, 5.74) is 3.44. The SMILES string of the molecule is CC1NN(SC(Cl)(Cl)Cl)C(=O)N1c1cc(Cl)cc(Cl)c1. The highest BCUT2D eigenvalue weighted by Crippen LogP contribution is 2.42. The smallest absolute Gasteiger partial charge is 0.275 e. The molecule has 20 heavy (non-hydrogen) atoms. The Morgan fingerprint density at radius 1 is 1.20 bits per heavy atom. The first-order chi connectivity index (χ1) is 9.17. The molecule has 0 saturated carbocycles. The van der Waals surface area contributed by atoms with Gasteiger partial charge in [-0.1, -0.05) is 58.0 Å². The molecule has 0 radical (unpaired) electrons. The van der Waals surface area contributed by atoms with Crippen LogP contribution in [0.2, 0.25) is 10.0 Å². The van der Waals surface area contributed by atoms with Crippen LogP contribution in [0.25, 0.3) is 0 Å². The number of hydrazine groups is 1. The molecule has 1 saturated heterocycles. The molecule has 0 bridgehead atoms. The normalized spacial score (nSPS) is 19.9. The lowest BCUT2D eigenvalue weighted by Gasteiger charge is -2.20. The van der Waals surface area contributed by atoms with Gasteiger partial charge in [-0.15, -0.1) is 0 Å². The number of alkyl halides is 3. The van der Waals surface area contributed by atoms with Crippen LogP contribution in [0.15, 0.2) is 18.2 Å². The van der Waals surface area contributed by atoms with E-state index in [-0.39, 0.29) is 12.2 Å². The van der Waals surface area contributed by atoms with Crippen molar-refractivity contribution in [2.75, 3.05) is 4.90 Å². The molecule has 1 fully saturated rings. The van der Waals surface area contributed by atoms with Crippen LogP contribution < -0.4 is 10.3 Å². The van der Waals surface area contributed by atoms with E-state index in [2.05, 4.69) is 5.43 Å². The number of halogens is 5. The first kappa shape index (κ1) is 16.6.